The molecular formula is C23H19ClF3N3O4. The number of nitro benzene ring substituents is 1. The number of hydrogen-bond acceptors (Lipinski definition) is 5. The van der Waals surface area contributed by atoms with Crippen LogP contribution in [0.5, 0.6) is 11.5 Å². The summed E-state index contributed by atoms with van der Waals surface area (Å²) in [6.45, 7) is 0. The van der Waals surface area contributed by atoms with Crippen molar-refractivity contribution in [3.8, 4) is 17.6 Å². The Labute approximate surface area is 197 Å². The zero-order valence-corrected chi connectivity index (χ0v) is 18.4. The van der Waals surface area contributed by atoms with E-state index in [0.717, 1.165) is 38.2 Å². The number of rotatable bonds is 6. The fourth-order valence-electron chi connectivity index (χ4n) is 3.56. The Hall–Kier alpha value is -3.58. The molecule has 0 spiro atoms. The maximum Gasteiger partial charge on any atom is 0.416 e. The summed E-state index contributed by atoms with van der Waals surface area (Å²) in [5.74, 6) is -0.967. The van der Waals surface area contributed by atoms with Gasteiger partial charge in [0.05, 0.1) is 15.5 Å². The Morgan fingerprint density at radius 1 is 1.18 bits per heavy atom. The first-order valence-corrected chi connectivity index (χ1v) is 10.7. The molecule has 1 aliphatic rings. The summed E-state index contributed by atoms with van der Waals surface area (Å²) in [5, 5.41) is 23.5. The molecule has 1 amide bonds. The van der Waals surface area contributed by atoms with Crippen molar-refractivity contribution in [2.45, 2.75) is 44.3 Å². The summed E-state index contributed by atoms with van der Waals surface area (Å²) in [6, 6.07) is 7.94. The molecule has 0 aromatic heterocycles. The van der Waals surface area contributed by atoms with Gasteiger partial charge in [0.15, 0.2) is 0 Å². The molecule has 0 atom stereocenters. The highest BCUT2D eigenvalue weighted by Crippen LogP contribution is 2.39. The average Bonchev–Trinajstić information content (AvgIpc) is 2.79. The summed E-state index contributed by atoms with van der Waals surface area (Å²) in [6.07, 6.45) is 1.47. The van der Waals surface area contributed by atoms with Crippen molar-refractivity contribution >= 4 is 29.3 Å². The smallest absolute Gasteiger partial charge is 0.416 e. The minimum absolute atomic E-state index is 0.0204. The molecule has 1 N–H and O–H groups in total. The summed E-state index contributed by atoms with van der Waals surface area (Å²) in [7, 11) is 0. The van der Waals surface area contributed by atoms with Crippen LogP contribution in [0.3, 0.4) is 0 Å². The lowest BCUT2D eigenvalue weighted by atomic mass is 9.95. The lowest BCUT2D eigenvalue weighted by Crippen LogP contribution is -2.36. The topological polar surface area (TPSA) is 105 Å². The standard InChI is InChI=1S/C23H19ClF3N3O4/c24-18-11-14(10-15(13-28)22(31)29-17-4-2-1-3-5-17)6-8-20(18)34-21-9-7-16(23(25,26)27)12-19(21)30(32)33/h6-12,17H,1-5H2,(H,29,31)/b15-10-. The van der Waals surface area contributed by atoms with Gasteiger partial charge in [-0.25, -0.2) is 0 Å². The number of amides is 1. The Balaban J connectivity index is 1.80. The van der Waals surface area contributed by atoms with E-state index in [4.69, 9.17) is 16.3 Å². The number of ether oxygens (including phenoxy) is 1. The average molecular weight is 494 g/mol. The first-order chi connectivity index (χ1) is 16.1. The van der Waals surface area contributed by atoms with E-state index in [1.807, 2.05) is 6.07 Å². The van der Waals surface area contributed by atoms with Crippen LogP contribution < -0.4 is 10.1 Å². The number of alkyl halides is 3. The quantitative estimate of drug-likeness (QED) is 0.216. The molecule has 1 fully saturated rings. The second-order valence-electron chi connectivity index (χ2n) is 7.71. The molecule has 0 unspecified atom stereocenters. The van der Waals surface area contributed by atoms with E-state index >= 15 is 0 Å². The minimum Gasteiger partial charge on any atom is -0.449 e. The van der Waals surface area contributed by atoms with Crippen LogP contribution in [-0.4, -0.2) is 16.9 Å². The number of carbonyl (C=O) groups is 1. The van der Waals surface area contributed by atoms with Gasteiger partial charge < -0.3 is 10.1 Å². The van der Waals surface area contributed by atoms with Crippen molar-refractivity contribution in [2.24, 2.45) is 0 Å². The molecular weight excluding hydrogens is 475 g/mol. The fraction of sp³-hybridized carbons (Fsp3) is 0.304. The van der Waals surface area contributed by atoms with Gasteiger partial charge in [0.2, 0.25) is 5.75 Å². The Kier molecular flexibility index (Phi) is 7.79. The van der Waals surface area contributed by atoms with Gasteiger partial charge >= 0.3 is 11.9 Å². The Morgan fingerprint density at radius 2 is 1.85 bits per heavy atom. The zero-order chi connectivity index (χ0) is 24.9. The molecule has 2 aromatic rings. The SMILES string of the molecule is N#C/C(=C/c1ccc(Oc2ccc(C(F)(F)F)cc2[N+](=O)[O-])c(Cl)c1)C(=O)NC1CCCCC1. The summed E-state index contributed by atoms with van der Waals surface area (Å²) in [4.78, 5) is 22.7. The summed E-state index contributed by atoms with van der Waals surface area (Å²) >= 11 is 6.19. The van der Waals surface area contributed by atoms with Gasteiger partial charge in [-0.05, 0) is 48.7 Å². The van der Waals surface area contributed by atoms with Crippen LogP contribution in [0, 0.1) is 21.4 Å². The first kappa shape index (κ1) is 25.1. The lowest BCUT2D eigenvalue weighted by Gasteiger charge is -2.22. The molecule has 0 bridgehead atoms. The second kappa shape index (κ2) is 10.6. The largest absolute Gasteiger partial charge is 0.449 e. The molecule has 11 heteroatoms. The van der Waals surface area contributed by atoms with Crippen LogP contribution in [0.25, 0.3) is 6.08 Å². The third kappa shape index (κ3) is 6.26. The van der Waals surface area contributed by atoms with Crippen LogP contribution >= 0.6 is 11.6 Å². The molecule has 2 aromatic carbocycles. The Bertz CT molecular complexity index is 1170. The third-order valence-electron chi connectivity index (χ3n) is 5.28. The van der Waals surface area contributed by atoms with Crippen molar-refractivity contribution < 1.29 is 27.6 Å². The molecule has 1 aliphatic carbocycles. The van der Waals surface area contributed by atoms with Crippen molar-refractivity contribution in [3.63, 3.8) is 0 Å². The number of nitro groups is 1. The van der Waals surface area contributed by atoms with E-state index in [9.17, 15) is 33.3 Å². The van der Waals surface area contributed by atoms with Gasteiger partial charge in [-0.15, -0.1) is 0 Å². The monoisotopic (exact) mass is 493 g/mol. The van der Waals surface area contributed by atoms with E-state index in [-0.39, 0.29) is 22.4 Å². The van der Waals surface area contributed by atoms with Crippen LogP contribution in [0.15, 0.2) is 42.0 Å². The Morgan fingerprint density at radius 3 is 2.44 bits per heavy atom. The van der Waals surface area contributed by atoms with E-state index in [0.29, 0.717) is 17.7 Å². The van der Waals surface area contributed by atoms with Crippen molar-refractivity contribution in [2.75, 3.05) is 0 Å². The summed E-state index contributed by atoms with van der Waals surface area (Å²) in [5.41, 5.74) is -1.78. The van der Waals surface area contributed by atoms with E-state index in [1.54, 1.807) is 0 Å². The maximum atomic E-state index is 12.9. The molecule has 0 radical (unpaired) electrons. The van der Waals surface area contributed by atoms with Gasteiger partial charge in [0.1, 0.15) is 17.4 Å². The van der Waals surface area contributed by atoms with Crippen LogP contribution in [-0.2, 0) is 11.0 Å². The highest BCUT2D eigenvalue weighted by atomic mass is 35.5. The highest BCUT2D eigenvalue weighted by Gasteiger charge is 2.33. The molecule has 178 valence electrons. The molecule has 1 saturated carbocycles. The van der Waals surface area contributed by atoms with E-state index in [2.05, 4.69) is 5.32 Å². The lowest BCUT2D eigenvalue weighted by molar-refractivity contribution is -0.385. The summed E-state index contributed by atoms with van der Waals surface area (Å²) < 4.78 is 44.0. The first-order valence-electron chi connectivity index (χ1n) is 10.3. The minimum atomic E-state index is -4.75. The normalized spacial score (nSPS) is 14.9. The molecule has 0 saturated heterocycles. The van der Waals surface area contributed by atoms with Gasteiger partial charge in [0, 0.05) is 12.1 Å². The van der Waals surface area contributed by atoms with Gasteiger partial charge in [-0.3, -0.25) is 14.9 Å². The van der Waals surface area contributed by atoms with Gasteiger partial charge in [-0.1, -0.05) is 36.9 Å². The van der Waals surface area contributed by atoms with Crippen molar-refractivity contribution in [1.29, 1.82) is 5.26 Å². The maximum absolute atomic E-state index is 12.9. The fourth-order valence-corrected chi connectivity index (χ4v) is 3.78. The highest BCUT2D eigenvalue weighted by molar-refractivity contribution is 6.32. The van der Waals surface area contributed by atoms with Crippen LogP contribution in [0.1, 0.15) is 43.2 Å². The van der Waals surface area contributed by atoms with Crippen LogP contribution in [0.4, 0.5) is 18.9 Å². The third-order valence-corrected chi connectivity index (χ3v) is 5.57. The molecule has 0 aliphatic heterocycles. The molecule has 7 nitrogen and oxygen atoms in total. The van der Waals surface area contributed by atoms with E-state index < -0.39 is 34.0 Å². The van der Waals surface area contributed by atoms with Gasteiger partial charge in [-0.2, -0.15) is 18.4 Å². The molecule has 34 heavy (non-hydrogen) atoms. The number of carbonyl (C=O) groups excluding carboxylic acids is 1. The number of halogens is 4. The predicted molar refractivity (Wildman–Crippen MR) is 118 cm³/mol. The number of nitrogens with zero attached hydrogens (tertiary/aromatic N) is 2. The van der Waals surface area contributed by atoms with Crippen LogP contribution in [0.2, 0.25) is 5.02 Å². The number of nitriles is 1. The zero-order valence-electron chi connectivity index (χ0n) is 17.7. The molecule has 3 rings (SSSR count). The van der Waals surface area contributed by atoms with Crippen molar-refractivity contribution in [3.05, 3.63) is 68.2 Å². The van der Waals surface area contributed by atoms with Gasteiger partial charge in [0.25, 0.3) is 5.91 Å². The number of hydrogen-bond donors (Lipinski definition) is 1. The predicted octanol–water partition coefficient (Wildman–Crippen LogP) is 6.42. The van der Waals surface area contributed by atoms with E-state index in [1.165, 1.54) is 24.3 Å². The number of benzene rings is 2. The number of nitrogens with one attached hydrogen (secondary N) is 1. The molecule has 0 heterocycles. The van der Waals surface area contributed by atoms with Crippen molar-refractivity contribution in [1.82, 2.24) is 5.32 Å². The second-order valence-corrected chi connectivity index (χ2v) is 8.11.